The maximum Gasteiger partial charge on any atom is 0.303 e. The summed E-state index contributed by atoms with van der Waals surface area (Å²) >= 11 is 8.61. The third kappa shape index (κ3) is 38.9. The van der Waals surface area contributed by atoms with E-state index in [2.05, 4.69) is 111 Å². The van der Waals surface area contributed by atoms with Crippen molar-refractivity contribution in [3.63, 3.8) is 0 Å². The standard InChI is InChI=1S/C87H128N18O20S2/c1-6-7-8-9-10-11-12-13-14-15-16-17-18-30-74(112)91-39-24-23-29-61(96-83(121)67(43-55-46-93-60-28-22-20-26-58(55)60)103-87(125)76(51(4)106)105-80(118)62(35-37-71(88)109)98-85(123)69(48-126)95-52(5)107)78(116)104-70(49-127)86(124)100-65(41-53-31-33-56(108)34-32-53)82(120)101-66(42-54-45-92-59-27-21-19-25-57(54)59)84(122)99-64(40-50(2)3)81(119)97-63(36-38-75(113)114)79(117)102-68(44-72(89)110)77(115)94-47-73(90)111/h19-22,25-28,31-34,45-46,50-51,61-70,76,92-93,106,108,126-127H,6-18,23-24,29-30,35-44,47-49H2,1-5H3,(H2,88,109)(H2,89,110)(H2,90,111)(H,91,112)(H,94,115)(H,95,107)(H,96,121)(H,97,119)(H,98,123)(H,99,122)(H,100,124)(H,101,120)(H,102,117)(H,103,125)(H,104,116)(H,105,118)(H,113,114)/t51-,61+,62+,63+,64+,65+,66+,67+,68+,69+,70+,76+/m1/s1. The number of carbonyl (C=O) groups is 17. The molecule has 24 N–H and O–H groups in total. The average molecular weight is 1810 g/mol. The number of aromatic amines is 2. The first-order valence-corrected chi connectivity index (χ1v) is 44.5. The highest BCUT2D eigenvalue weighted by molar-refractivity contribution is 7.80. The Bertz CT molecular complexity index is 4510. The molecule has 0 aliphatic heterocycles. The molecule has 0 unspecified atom stereocenters. The monoisotopic (exact) mass is 1810 g/mol. The number of hydrogen-bond donors (Lipinski definition) is 23. The van der Waals surface area contributed by atoms with Crippen molar-refractivity contribution in [1.82, 2.24) is 79.1 Å². The number of H-pyrrole nitrogens is 2. The van der Waals surface area contributed by atoms with Gasteiger partial charge in [0.1, 0.15) is 72.2 Å². The highest BCUT2D eigenvalue weighted by Crippen LogP contribution is 2.24. The number of aliphatic hydroxyl groups is 1. The van der Waals surface area contributed by atoms with Gasteiger partial charge in [-0.25, -0.2) is 0 Å². The molecule has 0 aliphatic carbocycles. The van der Waals surface area contributed by atoms with E-state index in [1.807, 2.05) is 0 Å². The first-order valence-electron chi connectivity index (χ1n) is 43.2. The maximum absolute atomic E-state index is 15.3. The van der Waals surface area contributed by atoms with Crippen LogP contribution in [0.4, 0.5) is 0 Å². The zero-order valence-electron chi connectivity index (χ0n) is 72.7. The summed E-state index contributed by atoms with van der Waals surface area (Å²) in [6, 6.07) is 1.40. The number of aromatic hydroxyl groups is 1. The summed E-state index contributed by atoms with van der Waals surface area (Å²) in [5.41, 5.74) is 18.5. The molecule has 698 valence electrons. The number of carboxylic acids is 1. The Morgan fingerprint density at radius 1 is 0.402 bits per heavy atom. The highest BCUT2D eigenvalue weighted by Gasteiger charge is 2.39. The molecule has 5 aromatic rings. The second-order valence-electron chi connectivity index (χ2n) is 32.2. The Hall–Kier alpha value is -11.8. The van der Waals surface area contributed by atoms with Crippen LogP contribution in [0.3, 0.4) is 0 Å². The average Bonchev–Trinajstić information content (AvgIpc) is 1.71. The van der Waals surface area contributed by atoms with Crippen LogP contribution in [0, 0.1) is 5.92 Å². The second-order valence-corrected chi connectivity index (χ2v) is 32.9. The Morgan fingerprint density at radius 3 is 1.28 bits per heavy atom. The van der Waals surface area contributed by atoms with Gasteiger partial charge >= 0.3 is 5.97 Å². The van der Waals surface area contributed by atoms with Crippen molar-refractivity contribution in [3.8, 4) is 5.75 Å². The van der Waals surface area contributed by atoms with Crippen LogP contribution >= 0.6 is 25.3 Å². The van der Waals surface area contributed by atoms with Crippen molar-refractivity contribution in [3.05, 3.63) is 102 Å². The quantitative estimate of drug-likeness (QED) is 0.0193. The number of rotatable bonds is 62. The number of amides is 16. The Labute approximate surface area is 749 Å². The molecule has 3 aromatic carbocycles. The molecule has 0 saturated heterocycles. The van der Waals surface area contributed by atoms with E-state index in [1.165, 1.54) is 75.6 Å². The zero-order valence-corrected chi connectivity index (χ0v) is 74.5. The van der Waals surface area contributed by atoms with Gasteiger partial charge in [-0.3, -0.25) is 81.5 Å². The van der Waals surface area contributed by atoms with Crippen molar-refractivity contribution in [2.75, 3.05) is 24.6 Å². The van der Waals surface area contributed by atoms with Crippen molar-refractivity contribution in [1.29, 1.82) is 0 Å². The number of aliphatic hydroxyl groups excluding tert-OH is 1. The van der Waals surface area contributed by atoms with Gasteiger partial charge in [-0.05, 0) is 98.7 Å². The van der Waals surface area contributed by atoms with E-state index >= 15 is 24.0 Å². The lowest BCUT2D eigenvalue weighted by atomic mass is 9.99. The molecule has 0 spiro atoms. The van der Waals surface area contributed by atoms with Crippen LogP contribution < -0.4 is 86.3 Å². The lowest BCUT2D eigenvalue weighted by Gasteiger charge is -2.29. The number of phenolic OH excluding ortho intramolecular Hbond substituents is 1. The van der Waals surface area contributed by atoms with E-state index in [-0.39, 0.29) is 75.3 Å². The molecule has 38 nitrogen and oxygen atoms in total. The number of nitrogens with one attached hydrogen (secondary N) is 15. The van der Waals surface area contributed by atoms with Crippen molar-refractivity contribution < 1.29 is 96.8 Å². The number of phenols is 1. The summed E-state index contributed by atoms with van der Waals surface area (Å²) in [4.78, 5) is 239. The van der Waals surface area contributed by atoms with E-state index in [4.69, 9.17) is 17.2 Å². The number of primary amides is 3. The SMILES string of the molecule is CCCCCCCCCCCCCCCC(=O)NCCCC[C@H](NC(=O)[C@H](Cc1c[nH]c2ccccc12)NC(=O)[C@@H](NC(=O)[C@H](CCC(N)=O)NC(=O)[C@H](CS)NC(C)=O)[C@@H](C)O)C(=O)N[C@@H](CS)C(=O)N[C@@H](Cc1ccc(O)cc1)C(=O)N[C@@H](Cc1c[nH]c2ccccc12)C(=O)N[C@@H](CC(C)C)C(=O)N[C@@H](CCC(=O)O)C(=O)N[C@@H](CC(N)=O)C(=O)NCC(N)=O. The summed E-state index contributed by atoms with van der Waals surface area (Å²) in [5.74, 6) is -17.9. The van der Waals surface area contributed by atoms with Crippen molar-refractivity contribution >= 4 is 148 Å². The van der Waals surface area contributed by atoms with E-state index in [1.54, 1.807) is 74.8 Å². The van der Waals surface area contributed by atoms with Crippen molar-refractivity contribution in [2.45, 2.75) is 274 Å². The predicted octanol–water partition coefficient (Wildman–Crippen LogP) is 1.40. The minimum atomic E-state index is -1.89. The molecule has 12 atom stereocenters. The number of aliphatic carboxylic acids is 1. The number of thiol groups is 2. The molecule has 2 aromatic heterocycles. The second kappa shape index (κ2) is 56.3. The summed E-state index contributed by atoms with van der Waals surface area (Å²) in [5, 5.41) is 65.6. The van der Waals surface area contributed by atoms with E-state index < -0.39 is 217 Å². The molecule has 0 saturated carbocycles. The van der Waals surface area contributed by atoms with Gasteiger partial charge in [0.05, 0.1) is 19.1 Å². The molecule has 16 amide bonds. The number of benzene rings is 3. The lowest BCUT2D eigenvalue weighted by Crippen LogP contribution is -2.62. The number of carbonyl (C=O) groups excluding carboxylic acids is 16. The number of fused-ring (bicyclic) bond motifs is 2. The molecule has 0 bridgehead atoms. The smallest absolute Gasteiger partial charge is 0.303 e. The summed E-state index contributed by atoms with van der Waals surface area (Å²) < 4.78 is 0. The summed E-state index contributed by atoms with van der Waals surface area (Å²) in [7, 11) is 0. The predicted molar refractivity (Wildman–Crippen MR) is 480 cm³/mol. The van der Waals surface area contributed by atoms with Gasteiger partial charge < -0.3 is 112 Å². The van der Waals surface area contributed by atoms with Crippen molar-refractivity contribution in [2.24, 2.45) is 23.1 Å². The first kappa shape index (κ1) is 106. The topological polar surface area (TPSA) is 617 Å². The first-order chi connectivity index (χ1) is 60.5. The zero-order chi connectivity index (χ0) is 93.7. The van der Waals surface area contributed by atoms with Gasteiger partial charge in [-0.15, -0.1) is 0 Å². The third-order valence-corrected chi connectivity index (χ3v) is 21.7. The largest absolute Gasteiger partial charge is 0.508 e. The number of aromatic nitrogens is 2. The summed E-state index contributed by atoms with van der Waals surface area (Å²) in [6.45, 7) is 7.33. The molecule has 127 heavy (non-hydrogen) atoms. The minimum absolute atomic E-state index is 0.135. The molecule has 0 radical (unpaired) electrons. The number of carboxylic acid groups (broad SMARTS) is 1. The minimum Gasteiger partial charge on any atom is -0.508 e. The fraction of sp³-hybridized carbons (Fsp3) is 0.552. The van der Waals surface area contributed by atoms with Gasteiger partial charge in [-0.2, -0.15) is 25.3 Å². The number of unbranched alkanes of at least 4 members (excludes halogenated alkanes) is 13. The third-order valence-electron chi connectivity index (χ3n) is 21.0. The van der Waals surface area contributed by atoms with Crippen LogP contribution in [-0.2, 0) is 101 Å². The Kier molecular flexibility index (Phi) is 46.9. The van der Waals surface area contributed by atoms with Gasteiger partial charge in [0.15, 0.2) is 0 Å². The lowest BCUT2D eigenvalue weighted by molar-refractivity contribution is -0.139. The van der Waals surface area contributed by atoms with Crippen LogP contribution in [0.2, 0.25) is 0 Å². The molecular formula is C87H128N18O20S2. The fourth-order valence-electron chi connectivity index (χ4n) is 14.1. The highest BCUT2D eigenvalue weighted by atomic mass is 32.1. The van der Waals surface area contributed by atoms with Crippen LogP contribution in [0.25, 0.3) is 21.8 Å². The van der Waals surface area contributed by atoms with Crippen LogP contribution in [0.5, 0.6) is 5.75 Å². The molecule has 2 heterocycles. The Morgan fingerprint density at radius 2 is 0.811 bits per heavy atom. The molecule has 5 rings (SSSR count). The van der Waals surface area contributed by atoms with Crippen LogP contribution in [0.15, 0.2) is 85.2 Å². The maximum atomic E-state index is 15.3. The van der Waals surface area contributed by atoms with E-state index in [0.717, 1.165) is 39.5 Å². The number of para-hydroxylation sites is 2. The van der Waals surface area contributed by atoms with Crippen LogP contribution in [-0.4, -0.2) is 223 Å². The number of hydrogen-bond acceptors (Lipinski definition) is 21. The van der Waals surface area contributed by atoms with Gasteiger partial charge in [0.2, 0.25) is 94.5 Å². The molecule has 0 aliphatic rings. The Balaban J connectivity index is 1.49. The molecular weight excluding hydrogens is 1680 g/mol. The van der Waals surface area contributed by atoms with Gasteiger partial charge in [0, 0.05) is 97.7 Å². The van der Waals surface area contributed by atoms with Gasteiger partial charge in [-0.1, -0.05) is 146 Å². The fourth-order valence-corrected chi connectivity index (χ4v) is 14.6. The van der Waals surface area contributed by atoms with Gasteiger partial charge in [0.25, 0.3) is 0 Å². The van der Waals surface area contributed by atoms with E-state index in [0.29, 0.717) is 44.9 Å². The van der Waals surface area contributed by atoms with Crippen LogP contribution in [0.1, 0.15) is 199 Å². The number of nitrogens with two attached hydrogens (primary N) is 3. The normalized spacial score (nSPS) is 14.1. The van der Waals surface area contributed by atoms with E-state index in [9.17, 15) is 72.9 Å². The summed E-state index contributed by atoms with van der Waals surface area (Å²) in [6.07, 6.45) is 12.4. The molecule has 40 heteroatoms. The molecule has 0 fully saturated rings.